The minimum Gasteiger partial charge on any atom is -0.489 e. The Hall–Kier alpha value is -2.34. The molecule has 1 amide bonds. The molecular formula is C19H26N2O4. The van der Waals surface area contributed by atoms with E-state index >= 15 is 0 Å². The maximum absolute atomic E-state index is 12.2. The molecule has 25 heavy (non-hydrogen) atoms. The zero-order valence-corrected chi connectivity index (χ0v) is 15.3. The summed E-state index contributed by atoms with van der Waals surface area (Å²) >= 11 is 0. The summed E-state index contributed by atoms with van der Waals surface area (Å²) in [4.78, 5) is 12.2. The van der Waals surface area contributed by atoms with Gasteiger partial charge >= 0.3 is 0 Å². The van der Waals surface area contributed by atoms with E-state index in [1.54, 1.807) is 24.3 Å². The number of carbonyl (C=O) groups excluding carboxylic acids is 1. The first kappa shape index (κ1) is 19.0. The van der Waals surface area contributed by atoms with Crippen LogP contribution in [-0.4, -0.2) is 28.3 Å². The predicted octanol–water partition coefficient (Wildman–Crippen LogP) is 3.15. The highest BCUT2D eigenvalue weighted by molar-refractivity contribution is 5.94. The molecule has 1 heterocycles. The van der Waals surface area contributed by atoms with Crippen molar-refractivity contribution in [2.75, 3.05) is 6.54 Å². The van der Waals surface area contributed by atoms with Gasteiger partial charge in [0.15, 0.2) is 0 Å². The van der Waals surface area contributed by atoms with E-state index in [1.807, 2.05) is 27.7 Å². The summed E-state index contributed by atoms with van der Waals surface area (Å²) in [5.41, 5.74) is 1.42. The summed E-state index contributed by atoms with van der Waals surface area (Å²) in [6.07, 6.45) is 1.19. The number of carbonyl (C=O) groups is 1. The molecule has 1 aromatic carbocycles. The molecule has 0 radical (unpaired) electrons. The Morgan fingerprint density at radius 2 is 1.88 bits per heavy atom. The van der Waals surface area contributed by atoms with Gasteiger partial charge in [0.1, 0.15) is 18.1 Å². The number of nitrogens with one attached hydrogen (secondary N) is 1. The number of hydrogen-bond donors (Lipinski definition) is 2. The summed E-state index contributed by atoms with van der Waals surface area (Å²) in [6, 6.07) is 6.90. The van der Waals surface area contributed by atoms with Gasteiger partial charge in [0.05, 0.1) is 16.9 Å². The molecule has 2 rings (SSSR count). The lowest BCUT2D eigenvalue weighted by Gasteiger charge is -2.25. The SMILES string of the molecule is CCC(O)(CC)CNC(=O)c1ccc(OCc2c(C)noc2C)cc1. The first-order chi connectivity index (χ1) is 11.9. The van der Waals surface area contributed by atoms with Crippen LogP contribution < -0.4 is 10.1 Å². The fourth-order valence-corrected chi connectivity index (χ4v) is 2.41. The molecule has 0 bridgehead atoms. The molecule has 0 atom stereocenters. The second-order valence-electron chi connectivity index (χ2n) is 6.23. The van der Waals surface area contributed by atoms with Crippen LogP contribution in [0.3, 0.4) is 0 Å². The van der Waals surface area contributed by atoms with Crippen molar-refractivity contribution in [2.45, 2.75) is 52.7 Å². The second kappa shape index (κ2) is 8.16. The Morgan fingerprint density at radius 1 is 1.24 bits per heavy atom. The Morgan fingerprint density at radius 3 is 2.40 bits per heavy atom. The summed E-state index contributed by atoms with van der Waals surface area (Å²) in [7, 11) is 0. The number of amides is 1. The minimum atomic E-state index is -0.854. The number of benzene rings is 1. The van der Waals surface area contributed by atoms with Gasteiger partial charge in [-0.15, -0.1) is 0 Å². The Kier molecular flexibility index (Phi) is 6.20. The molecule has 0 fully saturated rings. The van der Waals surface area contributed by atoms with Gasteiger partial charge in [-0.3, -0.25) is 4.79 Å². The van der Waals surface area contributed by atoms with Crippen LogP contribution in [0.25, 0.3) is 0 Å². The highest BCUT2D eigenvalue weighted by atomic mass is 16.5. The van der Waals surface area contributed by atoms with Gasteiger partial charge in [-0.05, 0) is 51.0 Å². The number of rotatable bonds is 8. The van der Waals surface area contributed by atoms with Gasteiger partial charge in [0, 0.05) is 12.1 Å². The number of aromatic nitrogens is 1. The van der Waals surface area contributed by atoms with Gasteiger partial charge in [-0.25, -0.2) is 0 Å². The van der Waals surface area contributed by atoms with E-state index in [-0.39, 0.29) is 12.5 Å². The molecule has 0 aliphatic heterocycles. The van der Waals surface area contributed by atoms with Crippen molar-refractivity contribution in [2.24, 2.45) is 0 Å². The van der Waals surface area contributed by atoms with Crippen molar-refractivity contribution in [3.05, 3.63) is 46.8 Å². The van der Waals surface area contributed by atoms with E-state index in [9.17, 15) is 9.90 Å². The molecule has 0 saturated heterocycles. The minimum absolute atomic E-state index is 0.211. The van der Waals surface area contributed by atoms with Gasteiger partial charge in [-0.1, -0.05) is 19.0 Å². The maximum atomic E-state index is 12.2. The average Bonchev–Trinajstić information content (AvgIpc) is 2.96. The molecule has 0 aliphatic carbocycles. The first-order valence-corrected chi connectivity index (χ1v) is 8.53. The summed E-state index contributed by atoms with van der Waals surface area (Å²) in [5.74, 6) is 1.20. The van der Waals surface area contributed by atoms with E-state index in [0.29, 0.717) is 30.8 Å². The summed E-state index contributed by atoms with van der Waals surface area (Å²) in [5, 5.41) is 16.9. The van der Waals surface area contributed by atoms with E-state index in [2.05, 4.69) is 10.5 Å². The third-order valence-electron chi connectivity index (χ3n) is 4.58. The van der Waals surface area contributed by atoms with Crippen molar-refractivity contribution in [3.63, 3.8) is 0 Å². The van der Waals surface area contributed by atoms with E-state index in [4.69, 9.17) is 9.26 Å². The first-order valence-electron chi connectivity index (χ1n) is 8.53. The van der Waals surface area contributed by atoms with Crippen LogP contribution in [0.4, 0.5) is 0 Å². The zero-order chi connectivity index (χ0) is 18.4. The van der Waals surface area contributed by atoms with Crippen molar-refractivity contribution < 1.29 is 19.2 Å². The van der Waals surface area contributed by atoms with Crippen LogP contribution in [0.1, 0.15) is 54.1 Å². The number of nitrogens with zero attached hydrogens (tertiary/aromatic N) is 1. The van der Waals surface area contributed by atoms with Crippen LogP contribution in [0, 0.1) is 13.8 Å². The largest absolute Gasteiger partial charge is 0.489 e. The number of hydrogen-bond acceptors (Lipinski definition) is 5. The predicted molar refractivity (Wildman–Crippen MR) is 94.6 cm³/mol. The van der Waals surface area contributed by atoms with Crippen LogP contribution in [0.15, 0.2) is 28.8 Å². The highest BCUT2D eigenvalue weighted by Gasteiger charge is 2.23. The average molecular weight is 346 g/mol. The normalized spacial score (nSPS) is 11.4. The maximum Gasteiger partial charge on any atom is 0.251 e. The standard InChI is InChI=1S/C19H26N2O4/c1-5-19(23,6-2)12-20-18(22)15-7-9-16(10-8-15)24-11-17-13(3)21-25-14(17)4/h7-10,23H,5-6,11-12H2,1-4H3,(H,20,22). The molecule has 136 valence electrons. The molecule has 0 unspecified atom stereocenters. The van der Waals surface area contributed by atoms with Crippen LogP contribution >= 0.6 is 0 Å². The quantitative estimate of drug-likeness (QED) is 0.767. The van der Waals surface area contributed by atoms with Crippen LogP contribution in [0.5, 0.6) is 5.75 Å². The Labute approximate surface area is 148 Å². The van der Waals surface area contributed by atoms with Gasteiger partial charge in [0.2, 0.25) is 0 Å². The number of aliphatic hydroxyl groups is 1. The monoisotopic (exact) mass is 346 g/mol. The topological polar surface area (TPSA) is 84.6 Å². The number of aryl methyl sites for hydroxylation is 2. The van der Waals surface area contributed by atoms with Crippen LogP contribution in [-0.2, 0) is 6.61 Å². The molecule has 0 spiro atoms. The fourth-order valence-electron chi connectivity index (χ4n) is 2.41. The summed E-state index contributed by atoms with van der Waals surface area (Å²) in [6.45, 7) is 8.13. The van der Waals surface area contributed by atoms with Crippen LogP contribution in [0.2, 0.25) is 0 Å². The molecule has 6 heteroatoms. The Balaban J connectivity index is 1.92. The van der Waals surface area contributed by atoms with Crippen molar-refractivity contribution in [1.82, 2.24) is 10.5 Å². The molecule has 2 N–H and O–H groups in total. The smallest absolute Gasteiger partial charge is 0.251 e. The van der Waals surface area contributed by atoms with Gasteiger partial charge < -0.3 is 19.7 Å². The molecule has 2 aromatic rings. The molecule has 0 saturated carbocycles. The molecule has 6 nitrogen and oxygen atoms in total. The highest BCUT2D eigenvalue weighted by Crippen LogP contribution is 2.18. The third-order valence-corrected chi connectivity index (χ3v) is 4.58. The molecular weight excluding hydrogens is 320 g/mol. The van der Waals surface area contributed by atoms with Crippen molar-refractivity contribution >= 4 is 5.91 Å². The Bertz CT molecular complexity index is 683. The summed E-state index contributed by atoms with van der Waals surface area (Å²) < 4.78 is 10.8. The van der Waals surface area contributed by atoms with E-state index < -0.39 is 5.60 Å². The lowest BCUT2D eigenvalue weighted by Crippen LogP contribution is -2.42. The number of ether oxygens (including phenoxy) is 1. The molecule has 0 aliphatic rings. The second-order valence-corrected chi connectivity index (χ2v) is 6.23. The van der Waals surface area contributed by atoms with Gasteiger partial charge in [0.25, 0.3) is 5.91 Å². The molecule has 1 aromatic heterocycles. The van der Waals surface area contributed by atoms with E-state index in [0.717, 1.165) is 17.0 Å². The lowest BCUT2D eigenvalue weighted by atomic mass is 9.97. The third kappa shape index (κ3) is 4.82. The van der Waals surface area contributed by atoms with E-state index in [1.165, 1.54) is 0 Å². The van der Waals surface area contributed by atoms with Crippen molar-refractivity contribution in [3.8, 4) is 5.75 Å². The lowest BCUT2D eigenvalue weighted by molar-refractivity contribution is 0.0314. The zero-order valence-electron chi connectivity index (χ0n) is 15.3. The van der Waals surface area contributed by atoms with Gasteiger partial charge in [-0.2, -0.15) is 0 Å². The van der Waals surface area contributed by atoms with Crippen molar-refractivity contribution in [1.29, 1.82) is 0 Å². The fraction of sp³-hybridized carbons (Fsp3) is 0.474.